The second kappa shape index (κ2) is 9.70. The molecule has 0 aromatic heterocycles. The van der Waals surface area contributed by atoms with Crippen molar-refractivity contribution in [3.05, 3.63) is 35.9 Å². The molecule has 0 fully saturated rings. The predicted octanol–water partition coefficient (Wildman–Crippen LogP) is 5.10. The van der Waals surface area contributed by atoms with Crippen molar-refractivity contribution in [3.8, 4) is 0 Å². The van der Waals surface area contributed by atoms with Gasteiger partial charge in [-0.3, -0.25) is 4.79 Å². The summed E-state index contributed by atoms with van der Waals surface area (Å²) in [7, 11) is 0. The molecule has 0 aliphatic heterocycles. The molecule has 1 N–H and O–H groups in total. The summed E-state index contributed by atoms with van der Waals surface area (Å²) < 4.78 is 12.1. The van der Waals surface area contributed by atoms with Gasteiger partial charge in [-0.05, 0) is 51.5 Å². The SMILES string of the molecule is CC(=O)OC(C)(C)C(COC(C)(C)C(C)(C)CCCCO)c1ccccc1. The fraction of sp³-hybridized carbons (Fsp3) is 0.696. The first-order valence-electron chi connectivity index (χ1n) is 9.92. The molecule has 27 heavy (non-hydrogen) atoms. The molecule has 0 heterocycles. The second-order valence-corrected chi connectivity index (χ2v) is 9.05. The first-order chi connectivity index (χ1) is 12.4. The van der Waals surface area contributed by atoms with Gasteiger partial charge in [0.25, 0.3) is 0 Å². The number of aliphatic hydroxyl groups is 1. The zero-order valence-electron chi connectivity index (χ0n) is 18.2. The number of aliphatic hydroxyl groups excluding tert-OH is 1. The van der Waals surface area contributed by atoms with Gasteiger partial charge >= 0.3 is 5.97 Å². The minimum atomic E-state index is -0.676. The van der Waals surface area contributed by atoms with E-state index in [4.69, 9.17) is 14.6 Å². The number of rotatable bonds is 11. The van der Waals surface area contributed by atoms with E-state index >= 15 is 0 Å². The van der Waals surface area contributed by atoms with Crippen LogP contribution < -0.4 is 0 Å². The van der Waals surface area contributed by atoms with Gasteiger partial charge < -0.3 is 14.6 Å². The Balaban J connectivity index is 2.97. The monoisotopic (exact) mass is 378 g/mol. The highest BCUT2D eigenvalue weighted by atomic mass is 16.6. The van der Waals surface area contributed by atoms with Gasteiger partial charge in [0.2, 0.25) is 0 Å². The minimum Gasteiger partial charge on any atom is -0.459 e. The molecule has 4 heteroatoms. The Morgan fingerprint density at radius 2 is 1.63 bits per heavy atom. The van der Waals surface area contributed by atoms with Crippen molar-refractivity contribution >= 4 is 5.97 Å². The molecular formula is C23H38O4. The van der Waals surface area contributed by atoms with Gasteiger partial charge in [-0.1, -0.05) is 50.6 Å². The third kappa shape index (κ3) is 6.93. The molecule has 0 bridgehead atoms. The van der Waals surface area contributed by atoms with Crippen molar-refractivity contribution in [3.63, 3.8) is 0 Å². The number of hydrogen-bond acceptors (Lipinski definition) is 4. The van der Waals surface area contributed by atoms with E-state index in [0.717, 1.165) is 24.8 Å². The van der Waals surface area contributed by atoms with Crippen LogP contribution >= 0.6 is 0 Å². The highest BCUT2D eigenvalue weighted by molar-refractivity contribution is 5.66. The fourth-order valence-corrected chi connectivity index (χ4v) is 3.29. The van der Waals surface area contributed by atoms with Crippen LogP contribution in [0.4, 0.5) is 0 Å². The van der Waals surface area contributed by atoms with E-state index in [9.17, 15) is 4.79 Å². The van der Waals surface area contributed by atoms with Crippen LogP contribution in [0.3, 0.4) is 0 Å². The van der Waals surface area contributed by atoms with Crippen LogP contribution in [0.15, 0.2) is 30.3 Å². The van der Waals surface area contributed by atoms with E-state index in [-0.39, 0.29) is 29.5 Å². The van der Waals surface area contributed by atoms with Crippen molar-refractivity contribution in [1.29, 1.82) is 0 Å². The Hall–Kier alpha value is -1.39. The van der Waals surface area contributed by atoms with Gasteiger partial charge in [0.1, 0.15) is 5.60 Å². The fourth-order valence-electron chi connectivity index (χ4n) is 3.29. The average molecular weight is 379 g/mol. The largest absolute Gasteiger partial charge is 0.459 e. The molecule has 4 nitrogen and oxygen atoms in total. The highest BCUT2D eigenvalue weighted by Crippen LogP contribution is 2.40. The third-order valence-electron chi connectivity index (χ3n) is 5.90. The summed E-state index contributed by atoms with van der Waals surface area (Å²) >= 11 is 0. The number of carbonyl (C=O) groups excluding carboxylic acids is 1. The maximum atomic E-state index is 11.6. The molecule has 0 spiro atoms. The Morgan fingerprint density at radius 1 is 1.04 bits per heavy atom. The van der Waals surface area contributed by atoms with Crippen LogP contribution in [0.2, 0.25) is 0 Å². The lowest BCUT2D eigenvalue weighted by atomic mass is 9.73. The summed E-state index contributed by atoms with van der Waals surface area (Å²) in [6.45, 7) is 14.7. The maximum Gasteiger partial charge on any atom is 0.303 e. The van der Waals surface area contributed by atoms with Crippen molar-refractivity contribution < 1.29 is 19.4 Å². The number of unbranched alkanes of at least 4 members (excludes halogenated alkanes) is 1. The molecule has 0 saturated carbocycles. The van der Waals surface area contributed by atoms with Crippen LogP contribution in [0.25, 0.3) is 0 Å². The normalized spacial score (nSPS) is 14.1. The summed E-state index contributed by atoms with van der Waals surface area (Å²) in [5.41, 5.74) is 0.0128. The zero-order valence-corrected chi connectivity index (χ0v) is 18.2. The van der Waals surface area contributed by atoms with Gasteiger partial charge in [0.05, 0.1) is 12.2 Å². The summed E-state index contributed by atoms with van der Waals surface area (Å²) in [6, 6.07) is 10.1. The van der Waals surface area contributed by atoms with Gasteiger partial charge in [0.15, 0.2) is 0 Å². The quantitative estimate of drug-likeness (QED) is 0.430. The lowest BCUT2D eigenvalue weighted by Crippen LogP contribution is -2.45. The standard InChI is InChI=1S/C23H38O4/c1-18(25)27-22(4,5)20(19-13-9-8-10-14-19)17-26-23(6,7)21(2,3)15-11-12-16-24/h8-10,13-14,20,24H,11-12,15-17H2,1-7H3. The Labute approximate surface area is 165 Å². The van der Waals surface area contributed by atoms with Crippen molar-refractivity contribution in [1.82, 2.24) is 0 Å². The molecule has 1 aromatic carbocycles. The predicted molar refractivity (Wildman–Crippen MR) is 110 cm³/mol. The van der Waals surface area contributed by atoms with Gasteiger partial charge in [0, 0.05) is 19.4 Å². The minimum absolute atomic E-state index is 0.0466. The lowest BCUT2D eigenvalue weighted by molar-refractivity contribution is -0.162. The lowest BCUT2D eigenvalue weighted by Gasteiger charge is -2.44. The van der Waals surface area contributed by atoms with Crippen LogP contribution in [-0.2, 0) is 14.3 Å². The van der Waals surface area contributed by atoms with Gasteiger partial charge in [-0.25, -0.2) is 0 Å². The number of esters is 1. The molecule has 154 valence electrons. The van der Waals surface area contributed by atoms with Crippen molar-refractivity contribution in [2.24, 2.45) is 5.41 Å². The van der Waals surface area contributed by atoms with Crippen LogP contribution in [0.1, 0.15) is 79.2 Å². The van der Waals surface area contributed by atoms with Gasteiger partial charge in [-0.2, -0.15) is 0 Å². The number of ether oxygens (including phenoxy) is 2. The van der Waals surface area contributed by atoms with Crippen LogP contribution in [0.5, 0.6) is 0 Å². The maximum absolute atomic E-state index is 11.6. The van der Waals surface area contributed by atoms with Crippen LogP contribution in [0, 0.1) is 5.41 Å². The molecule has 1 atom stereocenters. The molecule has 1 rings (SSSR count). The summed E-state index contributed by atoms with van der Waals surface area (Å²) in [6.07, 6.45) is 2.76. The van der Waals surface area contributed by atoms with Crippen molar-refractivity contribution in [2.45, 2.75) is 84.8 Å². The zero-order chi connectivity index (χ0) is 20.7. The summed E-state index contributed by atoms with van der Waals surface area (Å²) in [4.78, 5) is 11.6. The summed E-state index contributed by atoms with van der Waals surface area (Å²) in [5.74, 6) is -0.361. The molecule has 0 aliphatic rings. The van der Waals surface area contributed by atoms with E-state index in [1.54, 1.807) is 0 Å². The molecular weight excluding hydrogens is 340 g/mol. The van der Waals surface area contributed by atoms with Gasteiger partial charge in [-0.15, -0.1) is 0 Å². The Kier molecular flexibility index (Phi) is 8.49. The average Bonchev–Trinajstić information content (AvgIpc) is 2.54. The number of hydrogen-bond donors (Lipinski definition) is 1. The first-order valence-corrected chi connectivity index (χ1v) is 9.92. The van der Waals surface area contributed by atoms with E-state index in [2.05, 4.69) is 39.8 Å². The first kappa shape index (κ1) is 23.6. The number of benzene rings is 1. The molecule has 0 amide bonds. The molecule has 0 radical (unpaired) electrons. The second-order valence-electron chi connectivity index (χ2n) is 9.05. The summed E-state index contributed by atoms with van der Waals surface area (Å²) in [5, 5.41) is 9.06. The number of carbonyl (C=O) groups is 1. The Morgan fingerprint density at radius 3 is 2.15 bits per heavy atom. The van der Waals surface area contributed by atoms with Crippen LogP contribution in [-0.4, -0.2) is 35.5 Å². The van der Waals surface area contributed by atoms with E-state index < -0.39 is 5.60 Å². The Bertz CT molecular complexity index is 575. The molecule has 1 unspecified atom stereocenters. The van der Waals surface area contributed by atoms with Crippen molar-refractivity contribution in [2.75, 3.05) is 13.2 Å². The van der Waals surface area contributed by atoms with E-state index in [1.807, 2.05) is 32.0 Å². The third-order valence-corrected chi connectivity index (χ3v) is 5.90. The van der Waals surface area contributed by atoms with E-state index in [0.29, 0.717) is 6.61 Å². The highest BCUT2D eigenvalue weighted by Gasteiger charge is 2.40. The smallest absolute Gasteiger partial charge is 0.303 e. The molecule has 0 saturated heterocycles. The topological polar surface area (TPSA) is 55.8 Å². The molecule has 1 aromatic rings. The molecule has 0 aliphatic carbocycles. The van der Waals surface area contributed by atoms with E-state index in [1.165, 1.54) is 6.92 Å².